The fourth-order valence-corrected chi connectivity index (χ4v) is 3.34. The molecule has 112 valence electrons. The normalized spacial score (nSPS) is 18.4. The Labute approximate surface area is 122 Å². The molecule has 0 radical (unpaired) electrons. The number of nitrogens with one attached hydrogen (secondary N) is 1. The summed E-state index contributed by atoms with van der Waals surface area (Å²) >= 11 is 0. The molecule has 1 atom stereocenters. The summed E-state index contributed by atoms with van der Waals surface area (Å²) in [6.07, 6.45) is 2.54. The maximum atomic E-state index is 13.7. The van der Waals surface area contributed by atoms with Crippen LogP contribution in [-0.2, 0) is 0 Å². The van der Waals surface area contributed by atoms with Crippen LogP contribution in [0, 0.1) is 12.7 Å². The Morgan fingerprint density at radius 1 is 1.30 bits per heavy atom. The van der Waals surface area contributed by atoms with Gasteiger partial charge in [0.1, 0.15) is 5.82 Å². The van der Waals surface area contributed by atoms with E-state index >= 15 is 0 Å². The van der Waals surface area contributed by atoms with E-state index in [-0.39, 0.29) is 17.4 Å². The SMILES string of the molecule is CCNC(c1cc(F)ccc1C)C(C)(C)N1CCCC1. The summed E-state index contributed by atoms with van der Waals surface area (Å²) in [5.41, 5.74) is 2.23. The number of halogens is 1. The molecule has 0 aromatic heterocycles. The van der Waals surface area contributed by atoms with Crippen LogP contribution in [0.15, 0.2) is 18.2 Å². The van der Waals surface area contributed by atoms with Crippen LogP contribution in [0.1, 0.15) is 50.8 Å². The zero-order valence-corrected chi connectivity index (χ0v) is 13.2. The van der Waals surface area contributed by atoms with Gasteiger partial charge in [-0.1, -0.05) is 13.0 Å². The van der Waals surface area contributed by atoms with Crippen LogP contribution in [0.3, 0.4) is 0 Å². The molecule has 1 aromatic carbocycles. The second kappa shape index (κ2) is 6.23. The van der Waals surface area contributed by atoms with Crippen LogP contribution < -0.4 is 5.32 Å². The maximum Gasteiger partial charge on any atom is 0.123 e. The first kappa shape index (κ1) is 15.5. The van der Waals surface area contributed by atoms with Gasteiger partial charge in [-0.15, -0.1) is 0 Å². The second-order valence-electron chi connectivity index (χ2n) is 6.34. The Bertz CT molecular complexity index is 450. The number of benzene rings is 1. The quantitative estimate of drug-likeness (QED) is 0.884. The van der Waals surface area contributed by atoms with Gasteiger partial charge < -0.3 is 5.32 Å². The zero-order valence-electron chi connectivity index (χ0n) is 13.2. The van der Waals surface area contributed by atoms with E-state index in [1.807, 2.05) is 6.07 Å². The number of likely N-dealkylation sites (N-methyl/N-ethyl adjacent to an activating group) is 1. The van der Waals surface area contributed by atoms with E-state index in [0.717, 1.165) is 30.8 Å². The van der Waals surface area contributed by atoms with Crippen molar-refractivity contribution < 1.29 is 4.39 Å². The van der Waals surface area contributed by atoms with Gasteiger partial charge in [0.05, 0.1) is 6.04 Å². The largest absolute Gasteiger partial charge is 0.309 e. The van der Waals surface area contributed by atoms with Crippen LogP contribution in [0.4, 0.5) is 4.39 Å². The summed E-state index contributed by atoms with van der Waals surface area (Å²) in [5.74, 6) is -0.147. The van der Waals surface area contributed by atoms with Gasteiger partial charge in [0.25, 0.3) is 0 Å². The number of rotatable bonds is 5. The number of hydrogen-bond donors (Lipinski definition) is 1. The van der Waals surface area contributed by atoms with E-state index in [2.05, 4.69) is 37.9 Å². The van der Waals surface area contributed by atoms with E-state index < -0.39 is 0 Å². The van der Waals surface area contributed by atoms with E-state index in [1.54, 1.807) is 12.1 Å². The van der Waals surface area contributed by atoms with Crippen molar-refractivity contribution in [3.05, 3.63) is 35.1 Å². The Balaban J connectivity index is 2.36. The molecule has 1 heterocycles. The summed E-state index contributed by atoms with van der Waals surface area (Å²) in [6, 6.07) is 5.28. The fourth-order valence-electron chi connectivity index (χ4n) is 3.34. The first-order chi connectivity index (χ1) is 9.46. The first-order valence-corrected chi connectivity index (χ1v) is 7.71. The highest BCUT2D eigenvalue weighted by atomic mass is 19.1. The van der Waals surface area contributed by atoms with Crippen molar-refractivity contribution in [2.45, 2.75) is 52.1 Å². The molecule has 0 amide bonds. The molecular formula is C17H27FN2. The van der Waals surface area contributed by atoms with Crippen molar-refractivity contribution in [1.29, 1.82) is 0 Å². The van der Waals surface area contributed by atoms with E-state index in [9.17, 15) is 4.39 Å². The third-order valence-electron chi connectivity index (χ3n) is 4.59. The zero-order chi connectivity index (χ0) is 14.8. The van der Waals surface area contributed by atoms with Gasteiger partial charge in [-0.3, -0.25) is 4.90 Å². The van der Waals surface area contributed by atoms with E-state index in [0.29, 0.717) is 0 Å². The molecule has 3 heteroatoms. The summed E-state index contributed by atoms with van der Waals surface area (Å²) in [6.45, 7) is 11.9. The van der Waals surface area contributed by atoms with Crippen molar-refractivity contribution in [2.75, 3.05) is 19.6 Å². The van der Waals surface area contributed by atoms with E-state index in [4.69, 9.17) is 0 Å². The minimum Gasteiger partial charge on any atom is -0.309 e. The van der Waals surface area contributed by atoms with Gasteiger partial charge >= 0.3 is 0 Å². The summed E-state index contributed by atoms with van der Waals surface area (Å²) in [5, 5.41) is 3.58. The van der Waals surface area contributed by atoms with Crippen LogP contribution in [0.5, 0.6) is 0 Å². The molecule has 0 aliphatic carbocycles. The monoisotopic (exact) mass is 278 g/mol. The predicted molar refractivity (Wildman–Crippen MR) is 82.4 cm³/mol. The minimum absolute atomic E-state index is 0.00887. The second-order valence-corrected chi connectivity index (χ2v) is 6.34. The molecular weight excluding hydrogens is 251 g/mol. The molecule has 2 rings (SSSR count). The van der Waals surface area contributed by atoms with Crippen LogP contribution in [0.2, 0.25) is 0 Å². The lowest BCUT2D eigenvalue weighted by atomic mass is 9.85. The average Bonchev–Trinajstić information content (AvgIpc) is 2.93. The number of nitrogens with zero attached hydrogens (tertiary/aromatic N) is 1. The molecule has 1 aliphatic heterocycles. The van der Waals surface area contributed by atoms with Gasteiger partial charge in [-0.25, -0.2) is 4.39 Å². The summed E-state index contributed by atoms with van der Waals surface area (Å²) in [4.78, 5) is 2.53. The van der Waals surface area contributed by atoms with Crippen molar-refractivity contribution in [2.24, 2.45) is 0 Å². The number of aryl methyl sites for hydroxylation is 1. The predicted octanol–water partition coefficient (Wildman–Crippen LogP) is 3.66. The Kier molecular flexibility index (Phi) is 4.82. The standard InChI is InChI=1S/C17H27FN2/c1-5-19-16(15-12-14(18)9-8-13(15)2)17(3,4)20-10-6-7-11-20/h8-9,12,16,19H,5-7,10-11H2,1-4H3. The van der Waals surface area contributed by atoms with Gasteiger partial charge in [0, 0.05) is 5.54 Å². The first-order valence-electron chi connectivity index (χ1n) is 7.71. The third kappa shape index (κ3) is 3.04. The lowest BCUT2D eigenvalue weighted by molar-refractivity contribution is 0.107. The number of hydrogen-bond acceptors (Lipinski definition) is 2. The van der Waals surface area contributed by atoms with Crippen LogP contribution in [-0.4, -0.2) is 30.1 Å². The van der Waals surface area contributed by atoms with E-state index in [1.165, 1.54) is 12.8 Å². The average molecular weight is 278 g/mol. The van der Waals surface area contributed by atoms with Crippen molar-refractivity contribution >= 4 is 0 Å². The lowest BCUT2D eigenvalue weighted by Crippen LogP contribution is -2.51. The Morgan fingerprint density at radius 2 is 1.95 bits per heavy atom. The smallest absolute Gasteiger partial charge is 0.123 e. The molecule has 20 heavy (non-hydrogen) atoms. The molecule has 1 fully saturated rings. The molecule has 1 unspecified atom stereocenters. The van der Waals surface area contributed by atoms with Crippen LogP contribution in [0.25, 0.3) is 0 Å². The van der Waals surface area contributed by atoms with Crippen LogP contribution >= 0.6 is 0 Å². The molecule has 0 spiro atoms. The molecule has 2 nitrogen and oxygen atoms in total. The molecule has 0 saturated carbocycles. The fraction of sp³-hybridized carbons (Fsp3) is 0.647. The molecule has 1 saturated heterocycles. The van der Waals surface area contributed by atoms with Crippen molar-refractivity contribution in [3.8, 4) is 0 Å². The molecule has 1 N–H and O–H groups in total. The van der Waals surface area contributed by atoms with Crippen molar-refractivity contribution in [1.82, 2.24) is 10.2 Å². The van der Waals surface area contributed by atoms with Gasteiger partial charge in [0.15, 0.2) is 0 Å². The van der Waals surface area contributed by atoms with Gasteiger partial charge in [-0.2, -0.15) is 0 Å². The third-order valence-corrected chi connectivity index (χ3v) is 4.59. The topological polar surface area (TPSA) is 15.3 Å². The van der Waals surface area contributed by atoms with Crippen molar-refractivity contribution in [3.63, 3.8) is 0 Å². The Morgan fingerprint density at radius 3 is 2.55 bits per heavy atom. The highest BCUT2D eigenvalue weighted by molar-refractivity contribution is 5.32. The van der Waals surface area contributed by atoms with Gasteiger partial charge in [0.2, 0.25) is 0 Å². The Hall–Kier alpha value is -0.930. The molecule has 0 bridgehead atoms. The molecule has 1 aromatic rings. The lowest BCUT2D eigenvalue weighted by Gasteiger charge is -2.43. The van der Waals surface area contributed by atoms with Gasteiger partial charge in [-0.05, 0) is 76.5 Å². The minimum atomic E-state index is -0.147. The number of likely N-dealkylation sites (tertiary alicyclic amines) is 1. The summed E-state index contributed by atoms with van der Waals surface area (Å²) < 4.78 is 13.7. The highest BCUT2D eigenvalue weighted by Gasteiger charge is 2.37. The molecule has 1 aliphatic rings. The summed E-state index contributed by atoms with van der Waals surface area (Å²) in [7, 11) is 0. The maximum absolute atomic E-state index is 13.7. The highest BCUT2D eigenvalue weighted by Crippen LogP contribution is 2.35.